The van der Waals surface area contributed by atoms with E-state index in [-0.39, 0.29) is 43.6 Å². The number of carbonyl (C=O) groups excluding carboxylic acids is 1. The van der Waals surface area contributed by atoms with Gasteiger partial charge >= 0.3 is 5.97 Å². The van der Waals surface area contributed by atoms with E-state index in [1.54, 1.807) is 21.1 Å². The van der Waals surface area contributed by atoms with Gasteiger partial charge in [-0.15, -0.1) is 0 Å². The van der Waals surface area contributed by atoms with E-state index in [1.165, 1.54) is 6.92 Å². The minimum absolute atomic E-state index is 0.116. The Balaban J connectivity index is 2.38. The normalized spacial score (nSPS) is 30.3. The maximum absolute atomic E-state index is 10.6. The van der Waals surface area contributed by atoms with Crippen LogP contribution in [-0.4, -0.2) is 70.7 Å². The Kier molecular flexibility index (Phi) is 8.13. The first-order valence-electron chi connectivity index (χ1n) is 7.07. The van der Waals surface area contributed by atoms with Crippen molar-refractivity contribution in [3.05, 3.63) is 0 Å². The molecule has 3 unspecified atom stereocenters. The van der Waals surface area contributed by atoms with Crippen LogP contribution in [0, 0.1) is 0 Å². The summed E-state index contributed by atoms with van der Waals surface area (Å²) in [5.41, 5.74) is 0. The fourth-order valence-corrected chi connectivity index (χ4v) is 2.34. The smallest absolute Gasteiger partial charge is 0.302 e. The summed E-state index contributed by atoms with van der Waals surface area (Å²) in [5.74, 6) is -0.327. The van der Waals surface area contributed by atoms with Crippen LogP contribution >= 0.6 is 0 Å². The summed E-state index contributed by atoms with van der Waals surface area (Å²) in [6.45, 7) is 6.01. The predicted octanol–water partition coefficient (Wildman–Crippen LogP) is 0.746. The molecule has 1 saturated heterocycles. The van der Waals surface area contributed by atoms with E-state index in [0.29, 0.717) is 6.61 Å². The summed E-state index contributed by atoms with van der Waals surface area (Å²) in [6.07, 6.45) is -1.17. The standard InChI is InChI=1S/C14H26O7/c1-9-13(14(17-5)12(20-9)8-16-4)21-11(3)19-7-6-18-10(2)15/h9,11-14H,6-8H2,1-5H3/t9-,11?,12+,13?,14?/m0/s1. The third kappa shape index (κ3) is 5.88. The molecule has 7 heteroatoms. The van der Waals surface area contributed by atoms with E-state index in [2.05, 4.69) is 0 Å². The van der Waals surface area contributed by atoms with Crippen molar-refractivity contribution >= 4 is 5.97 Å². The molecule has 0 aromatic carbocycles. The van der Waals surface area contributed by atoms with Gasteiger partial charge in [0.05, 0.1) is 19.3 Å². The summed E-state index contributed by atoms with van der Waals surface area (Å²) in [7, 11) is 3.24. The largest absolute Gasteiger partial charge is 0.463 e. The summed E-state index contributed by atoms with van der Waals surface area (Å²) in [4.78, 5) is 10.6. The highest BCUT2D eigenvalue weighted by atomic mass is 16.7. The van der Waals surface area contributed by atoms with Gasteiger partial charge in [0.2, 0.25) is 0 Å². The third-order valence-corrected chi connectivity index (χ3v) is 3.24. The van der Waals surface area contributed by atoms with Crippen LogP contribution in [0.2, 0.25) is 0 Å². The van der Waals surface area contributed by atoms with Crippen LogP contribution in [-0.2, 0) is 33.2 Å². The van der Waals surface area contributed by atoms with E-state index < -0.39 is 6.29 Å². The first kappa shape index (κ1) is 18.3. The molecule has 1 heterocycles. The van der Waals surface area contributed by atoms with Crippen LogP contribution in [0.1, 0.15) is 20.8 Å². The zero-order valence-electron chi connectivity index (χ0n) is 13.4. The quantitative estimate of drug-likeness (QED) is 0.353. The number of methoxy groups -OCH3 is 2. The Morgan fingerprint density at radius 1 is 1.24 bits per heavy atom. The lowest BCUT2D eigenvalue weighted by molar-refractivity contribution is -0.191. The molecule has 1 aliphatic heterocycles. The highest BCUT2D eigenvalue weighted by molar-refractivity contribution is 5.65. The van der Waals surface area contributed by atoms with Crippen molar-refractivity contribution in [2.75, 3.05) is 34.0 Å². The van der Waals surface area contributed by atoms with Crippen LogP contribution in [0.25, 0.3) is 0 Å². The average molecular weight is 306 g/mol. The number of hydrogen-bond acceptors (Lipinski definition) is 7. The summed E-state index contributed by atoms with van der Waals surface area (Å²) in [6, 6.07) is 0. The Morgan fingerprint density at radius 2 is 1.95 bits per heavy atom. The molecule has 0 amide bonds. The van der Waals surface area contributed by atoms with Crippen LogP contribution in [0.5, 0.6) is 0 Å². The topological polar surface area (TPSA) is 72.5 Å². The molecule has 7 nitrogen and oxygen atoms in total. The van der Waals surface area contributed by atoms with Gasteiger partial charge in [-0.1, -0.05) is 0 Å². The van der Waals surface area contributed by atoms with Gasteiger partial charge in [-0.2, -0.15) is 0 Å². The number of ether oxygens (including phenoxy) is 6. The van der Waals surface area contributed by atoms with Gasteiger partial charge in [-0.05, 0) is 13.8 Å². The Morgan fingerprint density at radius 3 is 2.52 bits per heavy atom. The first-order valence-corrected chi connectivity index (χ1v) is 7.07. The highest BCUT2D eigenvalue weighted by Crippen LogP contribution is 2.27. The van der Waals surface area contributed by atoms with Crippen LogP contribution < -0.4 is 0 Å². The molecule has 0 saturated carbocycles. The zero-order valence-corrected chi connectivity index (χ0v) is 13.4. The number of carbonyl (C=O) groups is 1. The van der Waals surface area contributed by atoms with E-state index >= 15 is 0 Å². The highest BCUT2D eigenvalue weighted by Gasteiger charge is 2.44. The van der Waals surface area contributed by atoms with E-state index in [1.807, 2.05) is 6.92 Å². The van der Waals surface area contributed by atoms with Crippen molar-refractivity contribution < 1.29 is 33.2 Å². The molecule has 1 fully saturated rings. The number of hydrogen-bond donors (Lipinski definition) is 0. The van der Waals surface area contributed by atoms with Crippen molar-refractivity contribution in [1.82, 2.24) is 0 Å². The molecule has 21 heavy (non-hydrogen) atoms. The van der Waals surface area contributed by atoms with Crippen LogP contribution in [0.15, 0.2) is 0 Å². The maximum atomic E-state index is 10.6. The molecular weight excluding hydrogens is 280 g/mol. The van der Waals surface area contributed by atoms with Crippen LogP contribution in [0.3, 0.4) is 0 Å². The molecule has 0 radical (unpaired) electrons. The lowest BCUT2D eigenvalue weighted by Gasteiger charge is -2.25. The van der Waals surface area contributed by atoms with Crippen molar-refractivity contribution in [2.24, 2.45) is 0 Å². The summed E-state index contributed by atoms with van der Waals surface area (Å²) in [5, 5.41) is 0. The first-order chi connectivity index (χ1) is 9.99. The van der Waals surface area contributed by atoms with Gasteiger partial charge in [0.1, 0.15) is 24.9 Å². The Hall–Kier alpha value is -0.730. The monoisotopic (exact) mass is 306 g/mol. The minimum atomic E-state index is -0.449. The summed E-state index contributed by atoms with van der Waals surface area (Å²) >= 11 is 0. The predicted molar refractivity (Wildman–Crippen MR) is 73.9 cm³/mol. The average Bonchev–Trinajstić information content (AvgIpc) is 2.71. The van der Waals surface area contributed by atoms with Gasteiger partial charge < -0.3 is 28.4 Å². The minimum Gasteiger partial charge on any atom is -0.463 e. The Bertz CT molecular complexity index is 310. The molecule has 0 aromatic heterocycles. The molecule has 0 N–H and O–H groups in total. The second kappa shape index (κ2) is 9.32. The fraction of sp³-hybridized carbons (Fsp3) is 0.929. The molecule has 1 aliphatic rings. The van der Waals surface area contributed by atoms with Gasteiger partial charge in [-0.25, -0.2) is 0 Å². The van der Waals surface area contributed by atoms with Crippen molar-refractivity contribution in [1.29, 1.82) is 0 Å². The van der Waals surface area contributed by atoms with Gasteiger partial charge in [0.15, 0.2) is 6.29 Å². The third-order valence-electron chi connectivity index (χ3n) is 3.24. The molecular formula is C14H26O7. The van der Waals surface area contributed by atoms with Crippen molar-refractivity contribution in [3.8, 4) is 0 Å². The van der Waals surface area contributed by atoms with Gasteiger partial charge in [-0.3, -0.25) is 4.79 Å². The molecule has 5 atom stereocenters. The van der Waals surface area contributed by atoms with Crippen molar-refractivity contribution in [3.63, 3.8) is 0 Å². The fourth-order valence-electron chi connectivity index (χ4n) is 2.34. The lowest BCUT2D eigenvalue weighted by Crippen LogP contribution is -2.40. The summed E-state index contributed by atoms with van der Waals surface area (Å²) < 4.78 is 32.4. The maximum Gasteiger partial charge on any atom is 0.302 e. The zero-order chi connectivity index (χ0) is 15.8. The van der Waals surface area contributed by atoms with Crippen LogP contribution in [0.4, 0.5) is 0 Å². The number of rotatable bonds is 9. The van der Waals surface area contributed by atoms with E-state index in [9.17, 15) is 4.79 Å². The van der Waals surface area contributed by atoms with E-state index in [4.69, 9.17) is 28.4 Å². The molecule has 124 valence electrons. The number of esters is 1. The molecule has 1 rings (SSSR count). The molecule has 0 aromatic rings. The molecule has 0 bridgehead atoms. The van der Waals surface area contributed by atoms with Gasteiger partial charge in [0.25, 0.3) is 0 Å². The SMILES string of the molecule is COC[C@H]1O[C@@H](C)C(OC(C)OCCOC(C)=O)C1OC. The van der Waals surface area contributed by atoms with Crippen molar-refractivity contribution in [2.45, 2.75) is 51.5 Å². The van der Waals surface area contributed by atoms with E-state index in [0.717, 1.165) is 0 Å². The second-order valence-corrected chi connectivity index (χ2v) is 4.91. The molecule has 0 aliphatic carbocycles. The van der Waals surface area contributed by atoms with Gasteiger partial charge in [0, 0.05) is 21.1 Å². The second-order valence-electron chi connectivity index (χ2n) is 4.91. The lowest BCUT2D eigenvalue weighted by atomic mass is 10.1. The molecule has 0 spiro atoms. The Labute approximate surface area is 125 Å².